The average Bonchev–Trinajstić information content (AvgIpc) is 2.34. The van der Waals surface area contributed by atoms with Gasteiger partial charge < -0.3 is 0 Å². The van der Waals surface area contributed by atoms with E-state index in [4.69, 9.17) is 34.8 Å². The molecule has 0 amide bonds. The molecule has 0 spiro atoms. The normalized spacial score (nSPS) is 10.7. The number of hydrogen-bond acceptors (Lipinski definition) is 2. The molecule has 0 bridgehead atoms. The van der Waals surface area contributed by atoms with Gasteiger partial charge in [-0.1, -0.05) is 60.3 Å². The van der Waals surface area contributed by atoms with Gasteiger partial charge in [0.2, 0.25) is 0 Å². The summed E-state index contributed by atoms with van der Waals surface area (Å²) in [7, 11) is 0. The third-order valence-corrected chi connectivity index (χ3v) is 3.56. The van der Waals surface area contributed by atoms with Crippen LogP contribution in [-0.2, 0) is 12.8 Å². The van der Waals surface area contributed by atoms with Gasteiger partial charge >= 0.3 is 0 Å². The Morgan fingerprint density at radius 2 is 1.74 bits per heavy atom. The van der Waals surface area contributed by atoms with Crippen molar-refractivity contribution in [1.82, 2.24) is 9.97 Å². The van der Waals surface area contributed by atoms with Crippen LogP contribution in [0.4, 0.5) is 0 Å². The summed E-state index contributed by atoms with van der Waals surface area (Å²) in [6.45, 7) is 2.06. The monoisotopic (exact) mass is 314 g/mol. The first-order chi connectivity index (χ1) is 9.10. The smallest absolute Gasteiger partial charge is 0.137 e. The van der Waals surface area contributed by atoms with E-state index in [1.807, 2.05) is 24.3 Å². The van der Waals surface area contributed by atoms with Crippen molar-refractivity contribution in [2.24, 2.45) is 0 Å². The van der Waals surface area contributed by atoms with Gasteiger partial charge in [-0.25, -0.2) is 9.97 Å². The Morgan fingerprint density at radius 1 is 1.05 bits per heavy atom. The zero-order chi connectivity index (χ0) is 13.8. The van der Waals surface area contributed by atoms with E-state index in [9.17, 15) is 0 Å². The molecule has 0 radical (unpaired) electrons. The SMILES string of the molecule is CCCc1c(Cl)nc(Cc2cccc(Cl)c2)nc1Cl. The fourth-order valence-electron chi connectivity index (χ4n) is 1.84. The van der Waals surface area contributed by atoms with Gasteiger partial charge in [-0.05, 0) is 24.1 Å². The van der Waals surface area contributed by atoms with Gasteiger partial charge in [0.1, 0.15) is 16.1 Å². The van der Waals surface area contributed by atoms with Crippen LogP contribution in [-0.4, -0.2) is 9.97 Å². The molecule has 2 rings (SSSR count). The number of halogens is 3. The molecule has 0 aliphatic heterocycles. The minimum Gasteiger partial charge on any atom is -0.220 e. The van der Waals surface area contributed by atoms with Crippen molar-refractivity contribution >= 4 is 34.8 Å². The molecule has 19 heavy (non-hydrogen) atoms. The summed E-state index contributed by atoms with van der Waals surface area (Å²) < 4.78 is 0. The third kappa shape index (κ3) is 3.82. The van der Waals surface area contributed by atoms with Crippen LogP contribution in [0.1, 0.15) is 30.3 Å². The van der Waals surface area contributed by atoms with Crippen LogP contribution in [0.25, 0.3) is 0 Å². The third-order valence-electron chi connectivity index (χ3n) is 2.70. The molecule has 1 aromatic heterocycles. The van der Waals surface area contributed by atoms with Crippen LogP contribution in [0, 0.1) is 0 Å². The molecule has 2 aromatic rings. The number of hydrogen-bond donors (Lipinski definition) is 0. The van der Waals surface area contributed by atoms with Crippen molar-refractivity contribution in [3.63, 3.8) is 0 Å². The van der Waals surface area contributed by atoms with E-state index >= 15 is 0 Å². The Morgan fingerprint density at radius 3 is 2.32 bits per heavy atom. The van der Waals surface area contributed by atoms with Crippen molar-refractivity contribution < 1.29 is 0 Å². The summed E-state index contributed by atoms with van der Waals surface area (Å²) in [5.41, 5.74) is 1.85. The molecule has 1 aromatic carbocycles. The van der Waals surface area contributed by atoms with Gasteiger partial charge in [-0.15, -0.1) is 0 Å². The number of rotatable bonds is 4. The highest BCUT2D eigenvalue weighted by atomic mass is 35.5. The highest BCUT2D eigenvalue weighted by molar-refractivity contribution is 6.34. The maximum absolute atomic E-state index is 6.15. The minimum absolute atomic E-state index is 0.443. The van der Waals surface area contributed by atoms with Crippen molar-refractivity contribution in [3.05, 3.63) is 56.5 Å². The molecule has 100 valence electrons. The second kappa shape index (κ2) is 6.56. The quantitative estimate of drug-likeness (QED) is 0.744. The first-order valence-electron chi connectivity index (χ1n) is 6.05. The zero-order valence-electron chi connectivity index (χ0n) is 10.5. The minimum atomic E-state index is 0.443. The molecule has 0 saturated heterocycles. The fraction of sp³-hybridized carbons (Fsp3) is 0.286. The highest BCUT2D eigenvalue weighted by Crippen LogP contribution is 2.23. The molecule has 2 nitrogen and oxygen atoms in total. The molecule has 1 heterocycles. The fourth-order valence-corrected chi connectivity index (χ4v) is 2.66. The summed E-state index contributed by atoms with van der Waals surface area (Å²) >= 11 is 18.2. The Bertz CT molecular complexity index is 562. The predicted octanol–water partition coefficient (Wildman–Crippen LogP) is 4.98. The van der Waals surface area contributed by atoms with Crippen LogP contribution >= 0.6 is 34.8 Å². The van der Waals surface area contributed by atoms with E-state index in [-0.39, 0.29) is 0 Å². The summed E-state index contributed by atoms with van der Waals surface area (Å²) in [6.07, 6.45) is 2.30. The van der Waals surface area contributed by atoms with Crippen LogP contribution in [0.15, 0.2) is 24.3 Å². The predicted molar refractivity (Wildman–Crippen MR) is 80.3 cm³/mol. The lowest BCUT2D eigenvalue weighted by molar-refractivity contribution is 0.877. The maximum atomic E-state index is 6.15. The Kier molecular flexibility index (Phi) is 5.03. The molecular weight excluding hydrogens is 303 g/mol. The van der Waals surface area contributed by atoms with Crippen molar-refractivity contribution in [2.75, 3.05) is 0 Å². The lowest BCUT2D eigenvalue weighted by Crippen LogP contribution is -2.01. The topological polar surface area (TPSA) is 25.8 Å². The largest absolute Gasteiger partial charge is 0.220 e. The van der Waals surface area contributed by atoms with Gasteiger partial charge in [-0.2, -0.15) is 0 Å². The van der Waals surface area contributed by atoms with E-state index in [0.29, 0.717) is 27.6 Å². The van der Waals surface area contributed by atoms with Gasteiger partial charge in [0.15, 0.2) is 0 Å². The second-order valence-corrected chi connectivity index (χ2v) is 5.41. The Hall–Kier alpha value is -0.830. The molecule has 0 N–H and O–H groups in total. The molecule has 0 saturated carbocycles. The van der Waals surface area contributed by atoms with E-state index in [1.165, 1.54) is 0 Å². The summed E-state index contributed by atoms with van der Waals surface area (Å²) in [5.74, 6) is 0.608. The number of aromatic nitrogens is 2. The van der Waals surface area contributed by atoms with Crippen molar-refractivity contribution in [1.29, 1.82) is 0 Å². The standard InChI is InChI=1S/C14H13Cl3N2/c1-2-4-11-13(16)18-12(19-14(11)17)8-9-5-3-6-10(15)7-9/h3,5-7H,2,4,8H2,1H3. The van der Waals surface area contributed by atoms with E-state index < -0.39 is 0 Å². The molecule has 5 heteroatoms. The first-order valence-corrected chi connectivity index (χ1v) is 7.18. The van der Waals surface area contributed by atoms with Gasteiger partial charge in [0.05, 0.1) is 0 Å². The highest BCUT2D eigenvalue weighted by Gasteiger charge is 2.11. The van der Waals surface area contributed by atoms with E-state index in [1.54, 1.807) is 0 Å². The van der Waals surface area contributed by atoms with Gasteiger partial charge in [0.25, 0.3) is 0 Å². The zero-order valence-corrected chi connectivity index (χ0v) is 12.7. The van der Waals surface area contributed by atoms with E-state index in [0.717, 1.165) is 24.0 Å². The Labute approximate surface area is 127 Å². The Balaban J connectivity index is 2.27. The first kappa shape index (κ1) is 14.6. The lowest BCUT2D eigenvalue weighted by Gasteiger charge is -2.07. The van der Waals surface area contributed by atoms with Crippen molar-refractivity contribution in [3.8, 4) is 0 Å². The lowest BCUT2D eigenvalue weighted by atomic mass is 10.1. The molecule has 0 aliphatic carbocycles. The van der Waals surface area contributed by atoms with Crippen LogP contribution in [0.2, 0.25) is 15.3 Å². The van der Waals surface area contributed by atoms with Gasteiger partial charge in [0, 0.05) is 17.0 Å². The summed E-state index contributed by atoms with van der Waals surface area (Å²) in [5, 5.41) is 1.58. The second-order valence-electron chi connectivity index (χ2n) is 4.26. The average molecular weight is 316 g/mol. The molecular formula is C14H13Cl3N2. The molecule has 0 unspecified atom stereocenters. The van der Waals surface area contributed by atoms with Crippen LogP contribution < -0.4 is 0 Å². The number of benzene rings is 1. The molecule has 0 aliphatic rings. The number of nitrogens with zero attached hydrogens (tertiary/aromatic N) is 2. The molecule has 0 atom stereocenters. The van der Waals surface area contributed by atoms with Crippen LogP contribution in [0.3, 0.4) is 0 Å². The van der Waals surface area contributed by atoms with Crippen LogP contribution in [0.5, 0.6) is 0 Å². The summed E-state index contributed by atoms with van der Waals surface area (Å²) in [4.78, 5) is 8.61. The molecule has 0 fully saturated rings. The van der Waals surface area contributed by atoms with Gasteiger partial charge in [-0.3, -0.25) is 0 Å². The van der Waals surface area contributed by atoms with E-state index in [2.05, 4.69) is 16.9 Å². The summed E-state index contributed by atoms with van der Waals surface area (Å²) in [6, 6.07) is 7.58. The maximum Gasteiger partial charge on any atom is 0.137 e. The van der Waals surface area contributed by atoms with Crippen molar-refractivity contribution in [2.45, 2.75) is 26.2 Å².